The SMILES string of the molecule is Nc1cc(F)ccc1C(=O)N1CCC(N2CCC(Cc3ccc(S(=O)(=O)c4cccc(Cl)c4)cc3)CC2)CC1. The second-order valence-corrected chi connectivity index (χ2v) is 12.9. The van der Waals surface area contributed by atoms with Crippen LogP contribution in [0.4, 0.5) is 10.1 Å². The number of likely N-dealkylation sites (tertiary alicyclic amines) is 2. The number of nitrogen functional groups attached to an aromatic ring is 1. The molecule has 2 saturated heterocycles. The summed E-state index contributed by atoms with van der Waals surface area (Å²) in [5.74, 6) is -0.0132. The van der Waals surface area contributed by atoms with Crippen molar-refractivity contribution in [2.45, 2.75) is 47.9 Å². The van der Waals surface area contributed by atoms with Crippen LogP contribution in [0, 0.1) is 11.7 Å². The summed E-state index contributed by atoms with van der Waals surface area (Å²) in [7, 11) is -3.60. The largest absolute Gasteiger partial charge is 0.398 e. The standard InChI is InChI=1S/C30H33ClFN3O3S/c31-23-2-1-3-27(19-23)39(37,38)26-7-4-21(5-8-26)18-22-10-14-34(15-11-22)25-12-16-35(17-13-25)30(36)28-9-6-24(32)20-29(28)33/h1-9,19-20,22,25H,10-18,33H2. The van der Waals surface area contributed by atoms with Crippen molar-refractivity contribution in [3.8, 4) is 0 Å². The highest BCUT2D eigenvalue weighted by Crippen LogP contribution is 2.29. The maximum Gasteiger partial charge on any atom is 0.255 e. The van der Waals surface area contributed by atoms with E-state index in [4.69, 9.17) is 17.3 Å². The molecule has 206 valence electrons. The molecule has 0 aliphatic carbocycles. The number of benzene rings is 3. The van der Waals surface area contributed by atoms with Crippen molar-refractivity contribution in [3.63, 3.8) is 0 Å². The number of carbonyl (C=O) groups is 1. The zero-order valence-corrected chi connectivity index (χ0v) is 23.3. The second-order valence-electron chi connectivity index (χ2n) is 10.5. The number of hydrogen-bond acceptors (Lipinski definition) is 5. The maximum atomic E-state index is 13.4. The van der Waals surface area contributed by atoms with Crippen molar-refractivity contribution in [2.24, 2.45) is 5.92 Å². The Bertz CT molecular complexity index is 1430. The fourth-order valence-electron chi connectivity index (χ4n) is 5.76. The van der Waals surface area contributed by atoms with Gasteiger partial charge in [-0.15, -0.1) is 0 Å². The van der Waals surface area contributed by atoms with Crippen molar-refractivity contribution in [3.05, 3.63) is 88.7 Å². The fourth-order valence-corrected chi connectivity index (χ4v) is 7.32. The van der Waals surface area contributed by atoms with Crippen LogP contribution in [0.1, 0.15) is 41.6 Å². The lowest BCUT2D eigenvalue weighted by Gasteiger charge is -2.42. The van der Waals surface area contributed by atoms with Gasteiger partial charge in [0, 0.05) is 29.8 Å². The molecule has 3 aromatic rings. The summed E-state index contributed by atoms with van der Waals surface area (Å²) in [5.41, 5.74) is 7.56. The Kier molecular flexibility index (Phi) is 8.26. The topological polar surface area (TPSA) is 83.7 Å². The highest BCUT2D eigenvalue weighted by Gasteiger charge is 2.30. The van der Waals surface area contributed by atoms with E-state index in [1.807, 2.05) is 17.0 Å². The Labute approximate surface area is 234 Å². The molecule has 0 spiro atoms. The zero-order chi connectivity index (χ0) is 27.6. The Hall–Kier alpha value is -2.94. The molecule has 3 aromatic carbocycles. The minimum absolute atomic E-state index is 0.129. The van der Waals surface area contributed by atoms with Gasteiger partial charge in [0.25, 0.3) is 5.91 Å². The number of nitrogens with two attached hydrogens (primary N) is 1. The highest BCUT2D eigenvalue weighted by atomic mass is 35.5. The van der Waals surface area contributed by atoms with E-state index in [-0.39, 0.29) is 21.4 Å². The van der Waals surface area contributed by atoms with Crippen LogP contribution in [-0.2, 0) is 16.3 Å². The number of piperidine rings is 2. The third kappa shape index (κ3) is 6.29. The van der Waals surface area contributed by atoms with Crippen molar-refractivity contribution in [2.75, 3.05) is 31.9 Å². The number of amides is 1. The predicted molar refractivity (Wildman–Crippen MR) is 151 cm³/mol. The van der Waals surface area contributed by atoms with Crippen molar-refractivity contribution < 1.29 is 17.6 Å². The van der Waals surface area contributed by atoms with Crippen LogP contribution >= 0.6 is 11.6 Å². The first-order chi connectivity index (χ1) is 18.7. The lowest BCUT2D eigenvalue weighted by Crippen LogP contribution is -2.49. The molecule has 6 nitrogen and oxygen atoms in total. The van der Waals surface area contributed by atoms with E-state index in [0.717, 1.165) is 50.8 Å². The average molecular weight is 570 g/mol. The number of halogens is 2. The van der Waals surface area contributed by atoms with Gasteiger partial charge in [-0.2, -0.15) is 0 Å². The van der Waals surface area contributed by atoms with Gasteiger partial charge in [0.1, 0.15) is 5.82 Å². The molecule has 9 heteroatoms. The molecule has 2 N–H and O–H groups in total. The molecular formula is C30H33ClFN3O3S. The quantitative estimate of drug-likeness (QED) is 0.399. The van der Waals surface area contributed by atoms with E-state index >= 15 is 0 Å². The summed E-state index contributed by atoms with van der Waals surface area (Å²) >= 11 is 5.99. The van der Waals surface area contributed by atoms with Gasteiger partial charge in [0.2, 0.25) is 9.84 Å². The van der Waals surface area contributed by atoms with Gasteiger partial charge >= 0.3 is 0 Å². The zero-order valence-electron chi connectivity index (χ0n) is 21.7. The van der Waals surface area contributed by atoms with Crippen molar-refractivity contribution in [1.29, 1.82) is 0 Å². The Morgan fingerprint density at radius 1 is 0.897 bits per heavy atom. The van der Waals surface area contributed by atoms with Gasteiger partial charge in [-0.05, 0) is 105 Å². The summed E-state index contributed by atoms with van der Waals surface area (Å²) in [6.07, 6.45) is 4.94. The van der Waals surface area contributed by atoms with E-state index in [1.54, 1.807) is 30.3 Å². The van der Waals surface area contributed by atoms with Crippen LogP contribution in [0.15, 0.2) is 76.5 Å². The first-order valence-electron chi connectivity index (χ1n) is 13.4. The Morgan fingerprint density at radius 2 is 1.59 bits per heavy atom. The first-order valence-corrected chi connectivity index (χ1v) is 15.2. The van der Waals surface area contributed by atoms with Crippen LogP contribution in [0.3, 0.4) is 0 Å². The van der Waals surface area contributed by atoms with Crippen LogP contribution in [0.25, 0.3) is 0 Å². The van der Waals surface area contributed by atoms with Crippen LogP contribution < -0.4 is 5.73 Å². The number of sulfone groups is 1. The molecule has 2 aliphatic rings. The van der Waals surface area contributed by atoms with Gasteiger partial charge in [-0.1, -0.05) is 29.8 Å². The van der Waals surface area contributed by atoms with Crippen molar-refractivity contribution >= 4 is 33.0 Å². The summed E-state index contributed by atoms with van der Waals surface area (Å²) in [4.78, 5) is 17.7. The van der Waals surface area contributed by atoms with E-state index in [9.17, 15) is 17.6 Å². The molecule has 0 atom stereocenters. The minimum atomic E-state index is -3.60. The third-order valence-corrected chi connectivity index (χ3v) is 10.0. The Morgan fingerprint density at radius 3 is 2.23 bits per heavy atom. The molecule has 0 aromatic heterocycles. The minimum Gasteiger partial charge on any atom is -0.398 e. The van der Waals surface area contributed by atoms with Crippen molar-refractivity contribution in [1.82, 2.24) is 9.80 Å². The van der Waals surface area contributed by atoms with Gasteiger partial charge in [-0.3, -0.25) is 4.79 Å². The normalized spacial score (nSPS) is 17.8. The van der Waals surface area contributed by atoms with E-state index in [2.05, 4.69) is 4.90 Å². The van der Waals surface area contributed by atoms with Gasteiger partial charge < -0.3 is 15.5 Å². The summed E-state index contributed by atoms with van der Waals surface area (Å²) < 4.78 is 39.2. The molecule has 1 amide bonds. The molecule has 0 unspecified atom stereocenters. The molecule has 2 aliphatic heterocycles. The number of carbonyl (C=O) groups excluding carboxylic acids is 1. The molecule has 0 bridgehead atoms. The third-order valence-electron chi connectivity index (χ3n) is 8.03. The van der Waals surface area contributed by atoms with E-state index < -0.39 is 15.7 Å². The lowest BCUT2D eigenvalue weighted by atomic mass is 9.88. The fraction of sp³-hybridized carbons (Fsp3) is 0.367. The van der Waals surface area contributed by atoms with E-state index in [0.29, 0.717) is 35.6 Å². The average Bonchev–Trinajstić information content (AvgIpc) is 2.94. The number of hydrogen-bond donors (Lipinski definition) is 1. The highest BCUT2D eigenvalue weighted by molar-refractivity contribution is 7.91. The number of anilines is 1. The number of rotatable bonds is 6. The molecule has 0 radical (unpaired) electrons. The van der Waals surface area contributed by atoms with Crippen LogP contribution in [-0.4, -0.2) is 56.3 Å². The van der Waals surface area contributed by atoms with E-state index in [1.165, 1.54) is 24.3 Å². The second kappa shape index (κ2) is 11.7. The van der Waals surface area contributed by atoms with Gasteiger partial charge in [0.05, 0.1) is 15.4 Å². The summed E-state index contributed by atoms with van der Waals surface area (Å²) in [6, 6.07) is 18.0. The van der Waals surface area contributed by atoms with Crippen LogP contribution in [0.5, 0.6) is 0 Å². The lowest BCUT2D eigenvalue weighted by molar-refractivity contribution is 0.0553. The van der Waals surface area contributed by atoms with Crippen LogP contribution in [0.2, 0.25) is 5.02 Å². The van der Waals surface area contributed by atoms with Gasteiger partial charge in [0.15, 0.2) is 0 Å². The summed E-state index contributed by atoms with van der Waals surface area (Å²) in [5, 5.41) is 0.397. The first kappa shape index (κ1) is 27.6. The molecule has 2 fully saturated rings. The molecule has 0 saturated carbocycles. The summed E-state index contributed by atoms with van der Waals surface area (Å²) in [6.45, 7) is 3.39. The molecule has 39 heavy (non-hydrogen) atoms. The maximum absolute atomic E-state index is 13.4. The molecule has 2 heterocycles. The molecule has 5 rings (SSSR count). The predicted octanol–water partition coefficient (Wildman–Crippen LogP) is 5.45. The van der Waals surface area contributed by atoms with Gasteiger partial charge in [-0.25, -0.2) is 12.8 Å². The molecular weight excluding hydrogens is 537 g/mol. The Balaban J connectivity index is 1.10. The monoisotopic (exact) mass is 569 g/mol. The number of nitrogens with zero attached hydrogens (tertiary/aromatic N) is 2. The smallest absolute Gasteiger partial charge is 0.255 e.